The molecule has 92 valence electrons. The van der Waals surface area contributed by atoms with Crippen molar-refractivity contribution < 1.29 is 0 Å². The van der Waals surface area contributed by atoms with Crippen LogP contribution in [0.2, 0.25) is 0 Å². The van der Waals surface area contributed by atoms with Crippen molar-refractivity contribution >= 4 is 17.2 Å². The summed E-state index contributed by atoms with van der Waals surface area (Å²) in [7, 11) is 0. The summed E-state index contributed by atoms with van der Waals surface area (Å²) in [5.74, 6) is -0.0252. The third-order valence-electron chi connectivity index (χ3n) is 2.77. The fourth-order valence-corrected chi connectivity index (χ4v) is 1.97. The number of nitrogen functional groups attached to an aromatic ring is 3. The van der Waals surface area contributed by atoms with Crippen LogP contribution in [-0.2, 0) is 0 Å². The van der Waals surface area contributed by atoms with Gasteiger partial charge in [0.2, 0.25) is 0 Å². The van der Waals surface area contributed by atoms with Crippen molar-refractivity contribution in [2.45, 2.75) is 6.92 Å². The zero-order chi connectivity index (χ0) is 13.3. The van der Waals surface area contributed by atoms with E-state index in [1.807, 2.05) is 37.3 Å². The average Bonchev–Trinajstić information content (AvgIpc) is 2.26. The number of aryl methyl sites for hydroxylation is 1. The number of hydrogen-bond donors (Lipinski definition) is 4. The van der Waals surface area contributed by atoms with Crippen LogP contribution in [0.4, 0.5) is 11.4 Å². The van der Waals surface area contributed by atoms with Crippen molar-refractivity contribution in [1.82, 2.24) is 0 Å². The first-order chi connectivity index (χ1) is 8.47. The van der Waals surface area contributed by atoms with E-state index in [0.717, 1.165) is 22.4 Å². The Hall–Kier alpha value is -2.49. The van der Waals surface area contributed by atoms with Crippen LogP contribution in [0.3, 0.4) is 0 Å². The molecule has 0 heterocycles. The number of rotatable bonds is 2. The van der Waals surface area contributed by atoms with Gasteiger partial charge in [-0.1, -0.05) is 12.1 Å². The highest BCUT2D eigenvalue weighted by molar-refractivity contribution is 6.00. The second-order valence-electron chi connectivity index (χ2n) is 4.35. The summed E-state index contributed by atoms with van der Waals surface area (Å²) in [4.78, 5) is 0. The van der Waals surface area contributed by atoms with Crippen LogP contribution in [0.25, 0.3) is 11.1 Å². The predicted molar refractivity (Wildman–Crippen MR) is 76.5 cm³/mol. The van der Waals surface area contributed by atoms with Gasteiger partial charge in [0.05, 0.1) is 0 Å². The summed E-state index contributed by atoms with van der Waals surface area (Å²) >= 11 is 0. The molecule has 2 aromatic rings. The number of amidine groups is 1. The van der Waals surface area contributed by atoms with Gasteiger partial charge in [-0.15, -0.1) is 0 Å². The molecule has 0 spiro atoms. The third-order valence-corrected chi connectivity index (χ3v) is 2.77. The minimum Gasteiger partial charge on any atom is -0.399 e. The first-order valence-corrected chi connectivity index (χ1v) is 5.59. The number of nitrogens with one attached hydrogen (secondary N) is 1. The second-order valence-corrected chi connectivity index (χ2v) is 4.35. The van der Waals surface area contributed by atoms with Crippen molar-refractivity contribution in [1.29, 1.82) is 5.41 Å². The van der Waals surface area contributed by atoms with E-state index in [1.54, 1.807) is 6.07 Å². The largest absolute Gasteiger partial charge is 0.399 e. The number of hydrogen-bond acceptors (Lipinski definition) is 3. The van der Waals surface area contributed by atoms with E-state index in [0.29, 0.717) is 11.3 Å². The molecular formula is C14H16N4. The van der Waals surface area contributed by atoms with E-state index < -0.39 is 0 Å². The molecule has 4 heteroatoms. The number of anilines is 2. The maximum absolute atomic E-state index is 7.40. The van der Waals surface area contributed by atoms with Crippen LogP contribution < -0.4 is 17.2 Å². The number of benzene rings is 2. The lowest BCUT2D eigenvalue weighted by atomic mass is 10.00. The molecule has 0 aliphatic carbocycles. The highest BCUT2D eigenvalue weighted by Crippen LogP contribution is 2.26. The molecule has 0 amide bonds. The maximum atomic E-state index is 7.40. The lowest BCUT2D eigenvalue weighted by molar-refractivity contribution is 1.42. The van der Waals surface area contributed by atoms with Crippen molar-refractivity contribution in [3.63, 3.8) is 0 Å². The first kappa shape index (κ1) is 12.0. The van der Waals surface area contributed by atoms with Crippen molar-refractivity contribution in [2.75, 3.05) is 11.5 Å². The molecule has 0 saturated heterocycles. The van der Waals surface area contributed by atoms with Gasteiger partial charge >= 0.3 is 0 Å². The summed E-state index contributed by atoms with van der Waals surface area (Å²) in [6, 6.07) is 11.3. The van der Waals surface area contributed by atoms with Gasteiger partial charge in [-0.25, -0.2) is 0 Å². The van der Waals surface area contributed by atoms with Crippen LogP contribution in [-0.4, -0.2) is 5.84 Å². The highest BCUT2D eigenvalue weighted by atomic mass is 14.7. The molecule has 4 nitrogen and oxygen atoms in total. The smallest absolute Gasteiger partial charge is 0.124 e. The zero-order valence-corrected chi connectivity index (χ0v) is 10.2. The fraction of sp³-hybridized carbons (Fsp3) is 0.0714. The summed E-state index contributed by atoms with van der Waals surface area (Å²) in [5, 5.41) is 7.40. The standard InChI is InChI=1S/C14H16N4/c1-8-4-10(6-11(15)5-8)9-2-3-12(14(17)18)13(16)7-9/h2-7H,15-16H2,1H3,(H3,17,18). The van der Waals surface area contributed by atoms with Gasteiger partial charge in [-0.2, -0.15) is 0 Å². The SMILES string of the molecule is Cc1cc(N)cc(-c2ccc(C(=N)N)c(N)c2)c1. The Balaban J connectivity index is 2.52. The molecule has 0 unspecified atom stereocenters. The topological polar surface area (TPSA) is 102 Å². The molecule has 0 fully saturated rings. The van der Waals surface area contributed by atoms with Gasteiger partial charge in [0.25, 0.3) is 0 Å². The van der Waals surface area contributed by atoms with Crippen LogP contribution in [0.5, 0.6) is 0 Å². The Morgan fingerprint density at radius 3 is 2.28 bits per heavy atom. The van der Waals surface area contributed by atoms with E-state index in [4.69, 9.17) is 22.6 Å². The van der Waals surface area contributed by atoms with E-state index in [-0.39, 0.29) is 5.84 Å². The van der Waals surface area contributed by atoms with E-state index in [9.17, 15) is 0 Å². The van der Waals surface area contributed by atoms with Gasteiger partial charge in [0.1, 0.15) is 5.84 Å². The molecule has 0 radical (unpaired) electrons. The van der Waals surface area contributed by atoms with Crippen molar-refractivity contribution in [2.24, 2.45) is 5.73 Å². The fourth-order valence-electron chi connectivity index (χ4n) is 1.97. The van der Waals surface area contributed by atoms with Gasteiger partial charge in [0, 0.05) is 16.9 Å². The maximum Gasteiger partial charge on any atom is 0.124 e. The predicted octanol–water partition coefficient (Wildman–Crippen LogP) is 2.11. The molecule has 0 aliphatic heterocycles. The van der Waals surface area contributed by atoms with Crippen LogP contribution in [0.15, 0.2) is 36.4 Å². The second kappa shape index (κ2) is 4.41. The minimum absolute atomic E-state index is 0.0252. The molecule has 0 atom stereocenters. The minimum atomic E-state index is -0.0252. The quantitative estimate of drug-likeness (QED) is 0.367. The molecule has 0 aliphatic rings. The van der Waals surface area contributed by atoms with E-state index >= 15 is 0 Å². The van der Waals surface area contributed by atoms with Crippen LogP contribution in [0.1, 0.15) is 11.1 Å². The molecule has 2 rings (SSSR count). The van der Waals surface area contributed by atoms with Gasteiger partial charge in [-0.3, -0.25) is 5.41 Å². The monoisotopic (exact) mass is 240 g/mol. The van der Waals surface area contributed by atoms with E-state index in [1.165, 1.54) is 0 Å². The van der Waals surface area contributed by atoms with Crippen molar-refractivity contribution in [3.8, 4) is 11.1 Å². The summed E-state index contributed by atoms with van der Waals surface area (Å²) in [6.07, 6.45) is 0. The molecule has 0 bridgehead atoms. The van der Waals surface area contributed by atoms with Gasteiger partial charge < -0.3 is 17.2 Å². The molecule has 0 aromatic heterocycles. The highest BCUT2D eigenvalue weighted by Gasteiger charge is 2.06. The van der Waals surface area contributed by atoms with Gasteiger partial charge in [0.15, 0.2) is 0 Å². The first-order valence-electron chi connectivity index (χ1n) is 5.59. The Morgan fingerprint density at radius 1 is 1.00 bits per heavy atom. The Morgan fingerprint density at radius 2 is 1.72 bits per heavy atom. The molecule has 7 N–H and O–H groups in total. The molecule has 2 aromatic carbocycles. The summed E-state index contributed by atoms with van der Waals surface area (Å²) in [6.45, 7) is 1.99. The zero-order valence-electron chi connectivity index (χ0n) is 10.2. The lowest BCUT2D eigenvalue weighted by Crippen LogP contribution is -2.13. The van der Waals surface area contributed by atoms with E-state index in [2.05, 4.69) is 0 Å². The van der Waals surface area contributed by atoms with Crippen LogP contribution in [0, 0.1) is 12.3 Å². The average molecular weight is 240 g/mol. The Kier molecular flexibility index (Phi) is 2.93. The summed E-state index contributed by atoms with van der Waals surface area (Å²) in [5.41, 5.74) is 22.0. The van der Waals surface area contributed by atoms with Gasteiger partial charge in [-0.05, 0) is 47.9 Å². The van der Waals surface area contributed by atoms with Crippen LogP contribution >= 0.6 is 0 Å². The number of nitrogens with two attached hydrogens (primary N) is 3. The Labute approximate surface area is 106 Å². The molecule has 0 saturated carbocycles. The molecular weight excluding hydrogens is 224 g/mol. The Bertz CT molecular complexity index is 597. The lowest BCUT2D eigenvalue weighted by Gasteiger charge is -2.09. The third kappa shape index (κ3) is 2.27. The summed E-state index contributed by atoms with van der Waals surface area (Å²) < 4.78 is 0. The van der Waals surface area contributed by atoms with Crippen molar-refractivity contribution in [3.05, 3.63) is 47.5 Å². The normalized spacial score (nSPS) is 10.3. The molecule has 18 heavy (non-hydrogen) atoms.